The zero-order chi connectivity index (χ0) is 22.6. The van der Waals surface area contributed by atoms with Gasteiger partial charge in [-0.15, -0.1) is 0 Å². The zero-order valence-electron chi connectivity index (χ0n) is 20.3. The lowest BCUT2D eigenvalue weighted by molar-refractivity contribution is 0.384. The normalized spacial score (nSPS) is 18.2. The molecule has 0 atom stereocenters. The summed E-state index contributed by atoms with van der Waals surface area (Å²) in [6.07, 6.45) is 16.4. The van der Waals surface area contributed by atoms with Gasteiger partial charge in [0.25, 0.3) is 0 Å². The highest BCUT2D eigenvalue weighted by Gasteiger charge is 2.21. The largest absolute Gasteiger partial charge is 0.0945 e. The Hall–Kier alpha value is -1.71. The maximum absolute atomic E-state index is 6.46. The minimum Gasteiger partial charge on any atom is -0.0945 e. The first-order valence-electron chi connectivity index (χ1n) is 13.1. The number of rotatable bonds is 10. The number of hydrogen-bond acceptors (Lipinski definition) is 0. The molecule has 172 valence electrons. The molecule has 1 aliphatic rings. The third-order valence-electron chi connectivity index (χ3n) is 7.02. The van der Waals surface area contributed by atoms with E-state index in [0.717, 1.165) is 17.0 Å². The third kappa shape index (κ3) is 8.01. The van der Waals surface area contributed by atoms with E-state index in [9.17, 15) is 0 Å². The minimum atomic E-state index is 0.521. The molecule has 1 fully saturated rings. The molecule has 0 heterocycles. The van der Waals surface area contributed by atoms with Gasteiger partial charge in [0, 0.05) is 16.5 Å². The Kier molecular flexibility index (Phi) is 10.7. The standard InChI is InChI=1S/C31H41Cl/c1-3-5-7-8-9-10-25-14-19-28(20-15-25)29-21-16-26(17-22-29)12-13-27-18-23-30(11-6-4-2)31(32)24-27/h14-15,18-20,23-24,26,29H,3-11,16-17,21-22H2,1-2H3. The van der Waals surface area contributed by atoms with Crippen molar-refractivity contribution in [3.63, 3.8) is 0 Å². The van der Waals surface area contributed by atoms with Crippen LogP contribution in [-0.2, 0) is 12.8 Å². The molecule has 0 radical (unpaired) electrons. The topological polar surface area (TPSA) is 0 Å². The van der Waals surface area contributed by atoms with Crippen molar-refractivity contribution in [1.29, 1.82) is 0 Å². The van der Waals surface area contributed by atoms with Gasteiger partial charge in [-0.1, -0.05) is 99.7 Å². The van der Waals surface area contributed by atoms with Gasteiger partial charge in [0.1, 0.15) is 0 Å². The fourth-order valence-electron chi connectivity index (χ4n) is 4.84. The highest BCUT2D eigenvalue weighted by atomic mass is 35.5. The van der Waals surface area contributed by atoms with Crippen LogP contribution in [-0.4, -0.2) is 0 Å². The van der Waals surface area contributed by atoms with Gasteiger partial charge in [-0.2, -0.15) is 0 Å². The van der Waals surface area contributed by atoms with Crippen LogP contribution in [0.2, 0.25) is 5.02 Å². The molecule has 0 aromatic heterocycles. The summed E-state index contributed by atoms with van der Waals surface area (Å²) in [5.41, 5.74) is 5.34. The lowest BCUT2D eigenvalue weighted by Gasteiger charge is -2.26. The highest BCUT2D eigenvalue weighted by Crippen LogP contribution is 2.35. The Morgan fingerprint density at radius 1 is 0.781 bits per heavy atom. The maximum atomic E-state index is 6.46. The third-order valence-corrected chi connectivity index (χ3v) is 7.37. The summed E-state index contributed by atoms with van der Waals surface area (Å²) in [5.74, 6) is 8.16. The van der Waals surface area contributed by atoms with Gasteiger partial charge in [-0.25, -0.2) is 0 Å². The Morgan fingerprint density at radius 2 is 1.50 bits per heavy atom. The van der Waals surface area contributed by atoms with E-state index < -0.39 is 0 Å². The fraction of sp³-hybridized carbons (Fsp3) is 0.548. The van der Waals surface area contributed by atoms with E-state index in [2.05, 4.69) is 68.2 Å². The Balaban J connectivity index is 1.45. The average molecular weight is 449 g/mol. The van der Waals surface area contributed by atoms with E-state index in [0.29, 0.717) is 11.8 Å². The van der Waals surface area contributed by atoms with Crippen LogP contribution in [0.4, 0.5) is 0 Å². The maximum Gasteiger partial charge on any atom is 0.0450 e. The van der Waals surface area contributed by atoms with Crippen molar-refractivity contribution >= 4 is 11.6 Å². The molecule has 32 heavy (non-hydrogen) atoms. The number of benzene rings is 2. The van der Waals surface area contributed by atoms with E-state index in [4.69, 9.17) is 11.6 Å². The average Bonchev–Trinajstić information content (AvgIpc) is 2.83. The second-order valence-electron chi connectivity index (χ2n) is 9.63. The first-order valence-corrected chi connectivity index (χ1v) is 13.5. The zero-order valence-corrected chi connectivity index (χ0v) is 21.0. The highest BCUT2D eigenvalue weighted by molar-refractivity contribution is 6.31. The lowest BCUT2D eigenvalue weighted by atomic mass is 9.78. The molecular weight excluding hydrogens is 408 g/mol. The van der Waals surface area contributed by atoms with Crippen molar-refractivity contribution in [3.05, 3.63) is 69.7 Å². The molecule has 1 aliphatic carbocycles. The molecular formula is C31H41Cl. The van der Waals surface area contributed by atoms with Gasteiger partial charge in [0.05, 0.1) is 0 Å². The molecule has 1 saturated carbocycles. The summed E-state index contributed by atoms with van der Waals surface area (Å²) in [7, 11) is 0. The fourth-order valence-corrected chi connectivity index (χ4v) is 5.12. The quantitative estimate of drug-likeness (QED) is 0.250. The summed E-state index contributed by atoms with van der Waals surface area (Å²) < 4.78 is 0. The van der Waals surface area contributed by atoms with Gasteiger partial charge in [-0.3, -0.25) is 0 Å². The summed E-state index contributed by atoms with van der Waals surface area (Å²) >= 11 is 6.46. The predicted molar refractivity (Wildman–Crippen MR) is 141 cm³/mol. The Bertz CT molecular complexity index is 860. The molecule has 1 heteroatoms. The van der Waals surface area contributed by atoms with Gasteiger partial charge in [0.2, 0.25) is 0 Å². The molecule has 0 N–H and O–H groups in total. The van der Waals surface area contributed by atoms with Gasteiger partial charge in [0.15, 0.2) is 0 Å². The Labute approximate surface area is 202 Å². The van der Waals surface area contributed by atoms with Crippen LogP contribution in [0.25, 0.3) is 0 Å². The van der Waals surface area contributed by atoms with Crippen LogP contribution in [0.5, 0.6) is 0 Å². The molecule has 0 unspecified atom stereocenters. The predicted octanol–water partition coefficient (Wildman–Crippen LogP) is 9.52. The van der Waals surface area contributed by atoms with Crippen molar-refractivity contribution < 1.29 is 0 Å². The summed E-state index contributed by atoms with van der Waals surface area (Å²) in [5, 5.41) is 0.873. The monoisotopic (exact) mass is 448 g/mol. The molecule has 0 aliphatic heterocycles. The van der Waals surface area contributed by atoms with Crippen LogP contribution >= 0.6 is 11.6 Å². The van der Waals surface area contributed by atoms with E-state index >= 15 is 0 Å². The summed E-state index contributed by atoms with van der Waals surface area (Å²) in [6, 6.07) is 15.9. The van der Waals surface area contributed by atoms with Crippen LogP contribution in [0.3, 0.4) is 0 Å². The van der Waals surface area contributed by atoms with Gasteiger partial charge < -0.3 is 0 Å². The molecule has 0 saturated heterocycles. The molecule has 0 nitrogen and oxygen atoms in total. The molecule has 2 aromatic carbocycles. The van der Waals surface area contributed by atoms with Crippen molar-refractivity contribution in [1.82, 2.24) is 0 Å². The number of halogens is 1. The van der Waals surface area contributed by atoms with E-state index in [1.807, 2.05) is 0 Å². The van der Waals surface area contributed by atoms with Gasteiger partial charge in [-0.05, 0) is 86.1 Å². The smallest absolute Gasteiger partial charge is 0.0450 e. The second kappa shape index (κ2) is 13.7. The molecule has 0 spiro atoms. The van der Waals surface area contributed by atoms with Crippen LogP contribution < -0.4 is 0 Å². The van der Waals surface area contributed by atoms with E-state index in [-0.39, 0.29) is 0 Å². The van der Waals surface area contributed by atoms with Crippen LogP contribution in [0.15, 0.2) is 42.5 Å². The number of unbranched alkanes of at least 4 members (excludes halogenated alkanes) is 5. The van der Waals surface area contributed by atoms with Crippen LogP contribution in [0.1, 0.15) is 113 Å². The number of hydrogen-bond donors (Lipinski definition) is 0. The van der Waals surface area contributed by atoms with Gasteiger partial charge >= 0.3 is 0 Å². The molecule has 3 rings (SSSR count). The first kappa shape index (κ1) is 24.9. The molecule has 0 amide bonds. The van der Waals surface area contributed by atoms with Crippen molar-refractivity contribution in [2.24, 2.45) is 5.92 Å². The minimum absolute atomic E-state index is 0.521. The number of aryl methyl sites for hydroxylation is 2. The molecule has 0 bridgehead atoms. The first-order chi connectivity index (χ1) is 15.7. The van der Waals surface area contributed by atoms with Crippen molar-refractivity contribution in [2.75, 3.05) is 0 Å². The summed E-state index contributed by atoms with van der Waals surface area (Å²) in [4.78, 5) is 0. The van der Waals surface area contributed by atoms with Crippen molar-refractivity contribution in [2.45, 2.75) is 103 Å². The van der Waals surface area contributed by atoms with Crippen LogP contribution in [0, 0.1) is 17.8 Å². The molecule has 2 aromatic rings. The van der Waals surface area contributed by atoms with Crippen molar-refractivity contribution in [3.8, 4) is 11.8 Å². The van der Waals surface area contributed by atoms with E-state index in [1.165, 1.54) is 93.7 Å². The SMILES string of the molecule is CCCCCCCc1ccc(C2CCC(C#Cc3ccc(CCCC)c(Cl)c3)CC2)cc1. The second-order valence-corrected chi connectivity index (χ2v) is 10.0. The summed E-state index contributed by atoms with van der Waals surface area (Å²) in [6.45, 7) is 4.50. The van der Waals surface area contributed by atoms with E-state index in [1.54, 1.807) is 0 Å². The lowest BCUT2D eigenvalue weighted by Crippen LogP contribution is -2.12. The Morgan fingerprint density at radius 3 is 2.19 bits per heavy atom.